The minimum Gasteiger partial charge on any atom is -0.469 e. The van der Waals surface area contributed by atoms with Crippen molar-refractivity contribution in [3.8, 4) is 21.1 Å². The predicted molar refractivity (Wildman–Crippen MR) is 145 cm³/mol. The predicted octanol–water partition coefficient (Wildman–Crippen LogP) is 6.79. The molecule has 0 bridgehead atoms. The van der Waals surface area contributed by atoms with Crippen molar-refractivity contribution in [1.82, 2.24) is 9.97 Å². The van der Waals surface area contributed by atoms with Gasteiger partial charge in [0.05, 0.1) is 46.8 Å². The number of carbonyl (C=O) groups excluding carboxylic acids is 2. The molecule has 0 saturated heterocycles. The highest BCUT2D eigenvalue weighted by molar-refractivity contribution is 7.16. The van der Waals surface area contributed by atoms with Gasteiger partial charge in [-0.05, 0) is 61.0 Å². The third kappa shape index (κ3) is 4.38. The number of fused-ring (bicyclic) bond motifs is 2. The average molecular weight is 517 g/mol. The van der Waals surface area contributed by atoms with Gasteiger partial charge < -0.3 is 9.47 Å². The lowest BCUT2D eigenvalue weighted by atomic mass is 10.1. The second kappa shape index (κ2) is 9.79. The van der Waals surface area contributed by atoms with E-state index >= 15 is 0 Å². The molecule has 0 radical (unpaired) electrons. The highest BCUT2D eigenvalue weighted by Crippen LogP contribution is 2.41. The van der Waals surface area contributed by atoms with Crippen LogP contribution in [0.4, 0.5) is 0 Å². The van der Waals surface area contributed by atoms with Crippen LogP contribution in [0.5, 0.6) is 0 Å². The summed E-state index contributed by atoms with van der Waals surface area (Å²) in [5, 5.41) is 2.18. The summed E-state index contributed by atoms with van der Waals surface area (Å²) >= 11 is 3.02. The van der Waals surface area contributed by atoms with E-state index in [0.717, 1.165) is 52.7 Å². The van der Waals surface area contributed by atoms with Crippen LogP contribution in [-0.2, 0) is 19.1 Å². The Morgan fingerprint density at radius 2 is 1.11 bits per heavy atom. The highest BCUT2D eigenvalue weighted by atomic mass is 32.1. The monoisotopic (exact) mass is 516 g/mol. The van der Waals surface area contributed by atoms with Crippen LogP contribution in [0.15, 0.2) is 60.7 Å². The highest BCUT2D eigenvalue weighted by Gasteiger charge is 2.23. The Morgan fingerprint density at radius 1 is 0.694 bits per heavy atom. The number of benzene rings is 2. The molecule has 0 N–H and O–H groups in total. The number of hydrogen-bond donors (Lipinski definition) is 0. The molecule has 5 rings (SSSR count). The molecule has 0 aliphatic heterocycles. The van der Waals surface area contributed by atoms with Gasteiger partial charge in [-0.2, -0.15) is 0 Å². The second-order valence-electron chi connectivity index (χ2n) is 8.50. The first-order valence-corrected chi connectivity index (χ1v) is 13.1. The summed E-state index contributed by atoms with van der Waals surface area (Å²) in [6.07, 6.45) is 0. The van der Waals surface area contributed by atoms with Crippen LogP contribution in [0.25, 0.3) is 42.9 Å². The molecule has 8 heteroatoms. The lowest BCUT2D eigenvalue weighted by molar-refractivity contribution is -0.142. The number of ether oxygens (including phenoxy) is 2. The summed E-state index contributed by atoms with van der Waals surface area (Å²) in [5.74, 6) is -1.30. The normalized spacial score (nSPS) is 13.0. The van der Waals surface area contributed by atoms with Crippen molar-refractivity contribution in [2.75, 3.05) is 14.2 Å². The SMILES string of the molecule is COC(=O)C(C)c1ccc(-c2nc3cc4ccccc4cc3nc2-c2ccc(C(C)C(=O)OC)s2)s1. The van der Waals surface area contributed by atoms with Crippen molar-refractivity contribution in [3.05, 3.63) is 70.4 Å². The Balaban J connectivity index is 1.68. The molecule has 0 spiro atoms. The summed E-state index contributed by atoms with van der Waals surface area (Å²) in [6, 6.07) is 20.1. The van der Waals surface area contributed by atoms with Crippen LogP contribution in [0.2, 0.25) is 0 Å². The molecule has 0 aliphatic rings. The first-order valence-electron chi connectivity index (χ1n) is 11.5. The molecule has 5 aromatic rings. The van der Waals surface area contributed by atoms with Gasteiger partial charge in [-0.25, -0.2) is 9.97 Å². The van der Waals surface area contributed by atoms with Gasteiger partial charge in [0.1, 0.15) is 11.4 Å². The summed E-state index contributed by atoms with van der Waals surface area (Å²) in [4.78, 5) is 38.0. The van der Waals surface area contributed by atoms with Crippen LogP contribution < -0.4 is 0 Å². The molecular formula is C28H24N2O4S2. The maximum Gasteiger partial charge on any atom is 0.313 e. The van der Waals surface area contributed by atoms with Gasteiger partial charge in [-0.15, -0.1) is 22.7 Å². The van der Waals surface area contributed by atoms with E-state index in [-0.39, 0.29) is 23.8 Å². The van der Waals surface area contributed by atoms with Gasteiger partial charge >= 0.3 is 11.9 Å². The van der Waals surface area contributed by atoms with E-state index in [2.05, 4.69) is 24.3 Å². The zero-order valence-electron chi connectivity index (χ0n) is 20.3. The largest absolute Gasteiger partial charge is 0.469 e. The zero-order valence-corrected chi connectivity index (χ0v) is 21.9. The number of carbonyl (C=O) groups is 2. The molecule has 0 aliphatic carbocycles. The quantitative estimate of drug-likeness (QED) is 0.183. The van der Waals surface area contributed by atoms with Crippen LogP contribution in [0, 0.1) is 0 Å². The van der Waals surface area contributed by atoms with Gasteiger partial charge in [0.2, 0.25) is 0 Å². The molecular weight excluding hydrogens is 492 g/mol. The maximum absolute atomic E-state index is 12.1. The van der Waals surface area contributed by atoms with Gasteiger partial charge in [-0.3, -0.25) is 9.59 Å². The minimum absolute atomic E-state index is 0.278. The smallest absolute Gasteiger partial charge is 0.313 e. The molecule has 6 nitrogen and oxygen atoms in total. The van der Waals surface area contributed by atoms with Gasteiger partial charge in [0.15, 0.2) is 0 Å². The van der Waals surface area contributed by atoms with Crippen molar-refractivity contribution >= 4 is 56.4 Å². The molecule has 2 unspecified atom stereocenters. The number of methoxy groups -OCH3 is 2. The van der Waals surface area contributed by atoms with Crippen molar-refractivity contribution in [2.24, 2.45) is 0 Å². The molecule has 0 saturated carbocycles. The fourth-order valence-electron chi connectivity index (χ4n) is 4.10. The number of rotatable bonds is 6. The summed E-state index contributed by atoms with van der Waals surface area (Å²) in [5.41, 5.74) is 3.07. The Kier molecular flexibility index (Phi) is 6.55. The lowest BCUT2D eigenvalue weighted by Gasteiger charge is -2.10. The van der Waals surface area contributed by atoms with E-state index in [1.807, 2.05) is 50.2 Å². The lowest BCUT2D eigenvalue weighted by Crippen LogP contribution is -2.09. The molecule has 0 fully saturated rings. The molecule has 2 aromatic carbocycles. The van der Waals surface area contributed by atoms with Crippen molar-refractivity contribution in [1.29, 1.82) is 0 Å². The van der Waals surface area contributed by atoms with Crippen LogP contribution in [-0.4, -0.2) is 36.1 Å². The molecule has 2 atom stereocenters. The van der Waals surface area contributed by atoms with E-state index in [1.165, 1.54) is 36.9 Å². The average Bonchev–Trinajstić information content (AvgIpc) is 3.60. The van der Waals surface area contributed by atoms with Gasteiger partial charge in [0, 0.05) is 9.75 Å². The topological polar surface area (TPSA) is 78.4 Å². The van der Waals surface area contributed by atoms with Crippen molar-refractivity contribution < 1.29 is 19.1 Å². The maximum atomic E-state index is 12.1. The Bertz CT molecular complexity index is 1490. The van der Waals surface area contributed by atoms with Crippen LogP contribution in [0.1, 0.15) is 35.4 Å². The minimum atomic E-state index is -0.371. The fourth-order valence-corrected chi connectivity index (χ4v) is 6.17. The van der Waals surface area contributed by atoms with E-state index in [0.29, 0.717) is 0 Å². The van der Waals surface area contributed by atoms with Crippen LogP contribution in [0.3, 0.4) is 0 Å². The third-order valence-electron chi connectivity index (χ3n) is 6.22. The van der Waals surface area contributed by atoms with E-state index in [9.17, 15) is 9.59 Å². The van der Waals surface area contributed by atoms with Gasteiger partial charge in [0.25, 0.3) is 0 Å². The molecule has 36 heavy (non-hydrogen) atoms. The number of aromatic nitrogens is 2. The first-order chi connectivity index (χ1) is 17.4. The standard InChI is InChI=1S/C28H24N2O4S2/c1-15(27(31)33-3)21-9-11-23(35-21)25-26(24-12-10-22(36-24)16(2)28(32)34-4)30-20-14-18-8-6-5-7-17(18)13-19(20)29-25/h5-16H,1-4H3. The van der Waals surface area contributed by atoms with E-state index in [1.54, 1.807) is 0 Å². The Labute approximate surface area is 216 Å². The second-order valence-corrected chi connectivity index (χ2v) is 10.7. The summed E-state index contributed by atoms with van der Waals surface area (Å²) in [6.45, 7) is 3.67. The Morgan fingerprint density at radius 3 is 1.50 bits per heavy atom. The molecule has 3 aromatic heterocycles. The molecule has 3 heterocycles. The number of hydrogen-bond acceptors (Lipinski definition) is 8. The fraction of sp³-hybridized carbons (Fsp3) is 0.214. The van der Waals surface area contributed by atoms with Crippen molar-refractivity contribution in [3.63, 3.8) is 0 Å². The summed E-state index contributed by atoms with van der Waals surface area (Å²) < 4.78 is 9.86. The number of esters is 2. The van der Waals surface area contributed by atoms with Gasteiger partial charge in [-0.1, -0.05) is 24.3 Å². The van der Waals surface area contributed by atoms with E-state index < -0.39 is 0 Å². The zero-order chi connectivity index (χ0) is 25.4. The molecule has 182 valence electrons. The number of nitrogens with zero attached hydrogens (tertiary/aromatic N) is 2. The Hall–Kier alpha value is -3.62. The third-order valence-corrected chi connectivity index (χ3v) is 8.76. The molecule has 0 amide bonds. The van der Waals surface area contributed by atoms with E-state index in [4.69, 9.17) is 19.4 Å². The summed E-state index contributed by atoms with van der Waals surface area (Å²) in [7, 11) is 2.79. The first kappa shape index (κ1) is 24.1. The van der Waals surface area contributed by atoms with Crippen molar-refractivity contribution in [2.45, 2.75) is 25.7 Å². The van der Waals surface area contributed by atoms with Crippen LogP contribution >= 0.6 is 22.7 Å². The number of thiophene rings is 2.